The Labute approximate surface area is 182 Å². The standard InChI is InChI=1S/C21H18F3N3O4S/c22-21(23,24)32(29,30)27-18-4-2-1-3-16(18)13-5-6-17-19(10-13)31-12-14(20(17)28)9-15-11-25-7-8-26-15/h1-8,10-11,14,20,27-28H,9,12H2/t14-,20+/m1/s1. The fourth-order valence-electron chi connectivity index (χ4n) is 3.51. The number of para-hydroxylation sites is 1. The van der Waals surface area contributed by atoms with Crippen LogP contribution >= 0.6 is 0 Å². The smallest absolute Gasteiger partial charge is 0.493 e. The van der Waals surface area contributed by atoms with Crippen molar-refractivity contribution in [1.29, 1.82) is 0 Å². The van der Waals surface area contributed by atoms with Gasteiger partial charge in [0.25, 0.3) is 0 Å². The number of ether oxygens (including phenoxy) is 1. The monoisotopic (exact) mass is 465 g/mol. The second-order valence-corrected chi connectivity index (χ2v) is 8.94. The number of hydrogen-bond acceptors (Lipinski definition) is 6. The maximum atomic E-state index is 12.8. The Balaban J connectivity index is 1.61. The highest BCUT2D eigenvalue weighted by atomic mass is 32.2. The molecule has 0 bridgehead atoms. The van der Waals surface area contributed by atoms with E-state index >= 15 is 0 Å². The van der Waals surface area contributed by atoms with E-state index in [1.807, 2.05) is 0 Å². The normalized spacial score (nSPS) is 18.5. The zero-order valence-electron chi connectivity index (χ0n) is 16.5. The number of sulfonamides is 1. The second kappa shape index (κ2) is 8.40. The summed E-state index contributed by atoms with van der Waals surface area (Å²) in [5.74, 6) is 0.120. The SMILES string of the molecule is O=S(=O)(Nc1ccccc1-c1ccc2c(c1)OC[C@@H](Cc1cnccn1)[C@@H]2O)C(F)(F)F. The van der Waals surface area contributed by atoms with Crippen LogP contribution < -0.4 is 9.46 Å². The predicted octanol–water partition coefficient (Wildman–Crippen LogP) is 3.69. The first-order chi connectivity index (χ1) is 15.2. The fourth-order valence-corrected chi connectivity index (χ4v) is 4.10. The Morgan fingerprint density at radius 3 is 2.66 bits per heavy atom. The van der Waals surface area contributed by atoms with Crippen molar-refractivity contribution in [2.45, 2.75) is 18.0 Å². The summed E-state index contributed by atoms with van der Waals surface area (Å²) in [6, 6.07) is 10.5. The number of anilines is 1. The lowest BCUT2D eigenvalue weighted by molar-refractivity contribution is -0.0429. The van der Waals surface area contributed by atoms with Crippen molar-refractivity contribution >= 4 is 15.7 Å². The van der Waals surface area contributed by atoms with Crippen LogP contribution in [0.15, 0.2) is 61.1 Å². The van der Waals surface area contributed by atoms with Gasteiger partial charge in [0.1, 0.15) is 5.75 Å². The molecule has 0 saturated heterocycles. The summed E-state index contributed by atoms with van der Waals surface area (Å²) in [7, 11) is -5.58. The topological polar surface area (TPSA) is 101 Å². The molecule has 0 amide bonds. The summed E-state index contributed by atoms with van der Waals surface area (Å²) in [4.78, 5) is 8.22. The van der Waals surface area contributed by atoms with Crippen molar-refractivity contribution in [1.82, 2.24) is 9.97 Å². The maximum Gasteiger partial charge on any atom is 0.516 e. The Morgan fingerprint density at radius 2 is 1.94 bits per heavy atom. The number of benzene rings is 2. The van der Waals surface area contributed by atoms with Crippen LogP contribution in [0.25, 0.3) is 11.1 Å². The van der Waals surface area contributed by atoms with Gasteiger partial charge in [-0.1, -0.05) is 30.3 Å². The molecule has 7 nitrogen and oxygen atoms in total. The lowest BCUT2D eigenvalue weighted by Gasteiger charge is -2.30. The van der Waals surface area contributed by atoms with E-state index in [9.17, 15) is 26.7 Å². The Morgan fingerprint density at radius 1 is 1.16 bits per heavy atom. The Kier molecular flexibility index (Phi) is 5.78. The number of nitrogens with one attached hydrogen (secondary N) is 1. The van der Waals surface area contributed by atoms with Crippen molar-refractivity contribution in [3.05, 3.63) is 72.3 Å². The molecule has 32 heavy (non-hydrogen) atoms. The van der Waals surface area contributed by atoms with E-state index < -0.39 is 21.6 Å². The third-order valence-corrected chi connectivity index (χ3v) is 6.20. The van der Waals surface area contributed by atoms with Crippen LogP contribution in [0.4, 0.5) is 18.9 Å². The molecule has 2 atom stereocenters. The molecule has 1 aromatic heterocycles. The highest BCUT2D eigenvalue weighted by molar-refractivity contribution is 7.93. The molecule has 1 aliphatic rings. The molecule has 168 valence electrons. The van der Waals surface area contributed by atoms with Crippen LogP contribution in [0, 0.1) is 5.92 Å². The van der Waals surface area contributed by atoms with Crippen molar-refractivity contribution in [2.24, 2.45) is 5.92 Å². The van der Waals surface area contributed by atoms with Crippen molar-refractivity contribution < 1.29 is 31.4 Å². The van der Waals surface area contributed by atoms with E-state index in [0.29, 0.717) is 29.0 Å². The van der Waals surface area contributed by atoms with Crippen molar-refractivity contribution in [3.8, 4) is 16.9 Å². The van der Waals surface area contributed by atoms with Gasteiger partial charge in [-0.2, -0.15) is 21.6 Å². The average molecular weight is 465 g/mol. The first-order valence-corrected chi connectivity index (χ1v) is 11.0. The number of nitrogens with zero attached hydrogens (tertiary/aromatic N) is 2. The van der Waals surface area contributed by atoms with Crippen LogP contribution in [-0.2, 0) is 16.4 Å². The van der Waals surface area contributed by atoms with Crippen LogP contribution in [-0.4, -0.2) is 35.6 Å². The zero-order chi connectivity index (χ0) is 22.9. The van der Waals surface area contributed by atoms with Gasteiger partial charge < -0.3 is 9.84 Å². The number of rotatable bonds is 5. The number of aliphatic hydroxyl groups is 1. The van der Waals surface area contributed by atoms with E-state index in [4.69, 9.17) is 4.74 Å². The Hall–Kier alpha value is -3.18. The lowest BCUT2D eigenvalue weighted by Crippen LogP contribution is -2.30. The first-order valence-electron chi connectivity index (χ1n) is 9.54. The summed E-state index contributed by atoms with van der Waals surface area (Å²) in [6.07, 6.45) is 4.35. The summed E-state index contributed by atoms with van der Waals surface area (Å²) in [5.41, 5.74) is -3.75. The summed E-state index contributed by atoms with van der Waals surface area (Å²) < 4.78 is 69.0. The van der Waals surface area contributed by atoms with Gasteiger partial charge in [-0.15, -0.1) is 0 Å². The summed E-state index contributed by atoms with van der Waals surface area (Å²) >= 11 is 0. The van der Waals surface area contributed by atoms with E-state index in [1.165, 1.54) is 18.2 Å². The molecule has 0 aliphatic carbocycles. The van der Waals surface area contributed by atoms with Gasteiger partial charge in [0.15, 0.2) is 0 Å². The van der Waals surface area contributed by atoms with E-state index in [2.05, 4.69) is 9.97 Å². The molecule has 0 saturated carbocycles. The van der Waals surface area contributed by atoms with E-state index in [1.54, 1.807) is 47.6 Å². The molecular formula is C21H18F3N3O4S. The largest absolute Gasteiger partial charge is 0.516 e. The second-order valence-electron chi connectivity index (χ2n) is 7.27. The summed E-state index contributed by atoms with van der Waals surface area (Å²) in [6.45, 7) is 0.205. The number of aromatic nitrogens is 2. The predicted molar refractivity (Wildman–Crippen MR) is 110 cm³/mol. The number of halogens is 3. The first kappa shape index (κ1) is 22.0. The lowest BCUT2D eigenvalue weighted by atomic mass is 9.88. The van der Waals surface area contributed by atoms with Crippen LogP contribution in [0.5, 0.6) is 5.75 Å². The summed E-state index contributed by atoms with van der Waals surface area (Å²) in [5, 5.41) is 10.8. The molecule has 1 aliphatic heterocycles. The minimum atomic E-state index is -5.58. The minimum absolute atomic E-state index is 0.205. The van der Waals surface area contributed by atoms with Crippen LogP contribution in [0.1, 0.15) is 17.4 Å². The van der Waals surface area contributed by atoms with Gasteiger partial charge in [-0.25, -0.2) is 0 Å². The third kappa shape index (κ3) is 4.39. The molecule has 0 unspecified atom stereocenters. The van der Waals surface area contributed by atoms with Crippen LogP contribution in [0.2, 0.25) is 0 Å². The molecule has 11 heteroatoms. The highest BCUT2D eigenvalue weighted by Gasteiger charge is 2.46. The van der Waals surface area contributed by atoms with Gasteiger partial charge in [-0.05, 0) is 17.7 Å². The molecule has 4 rings (SSSR count). The molecule has 2 aromatic carbocycles. The molecule has 2 heterocycles. The number of alkyl halides is 3. The van der Waals surface area contributed by atoms with E-state index in [0.717, 1.165) is 0 Å². The molecular weight excluding hydrogens is 447 g/mol. The molecule has 0 spiro atoms. The average Bonchev–Trinajstić information content (AvgIpc) is 2.75. The molecule has 0 radical (unpaired) electrons. The van der Waals surface area contributed by atoms with Gasteiger partial charge >= 0.3 is 15.5 Å². The van der Waals surface area contributed by atoms with Gasteiger partial charge in [-0.3, -0.25) is 14.7 Å². The zero-order valence-corrected chi connectivity index (χ0v) is 17.3. The van der Waals surface area contributed by atoms with Crippen LogP contribution in [0.3, 0.4) is 0 Å². The van der Waals surface area contributed by atoms with Gasteiger partial charge in [0.05, 0.1) is 24.1 Å². The number of aliphatic hydroxyl groups excluding tert-OH is 1. The third-order valence-electron chi connectivity index (χ3n) is 5.11. The molecule has 2 N–H and O–H groups in total. The van der Waals surface area contributed by atoms with Gasteiger partial charge in [0.2, 0.25) is 0 Å². The highest BCUT2D eigenvalue weighted by Crippen LogP contribution is 2.40. The minimum Gasteiger partial charge on any atom is -0.493 e. The van der Waals surface area contributed by atoms with E-state index in [-0.39, 0.29) is 23.8 Å². The van der Waals surface area contributed by atoms with Gasteiger partial charge in [0, 0.05) is 42.1 Å². The Bertz CT molecular complexity index is 1220. The van der Waals surface area contributed by atoms with Crippen molar-refractivity contribution in [3.63, 3.8) is 0 Å². The number of hydrogen-bond donors (Lipinski definition) is 2. The fraction of sp³-hybridized carbons (Fsp3) is 0.238. The van der Waals surface area contributed by atoms with Crippen molar-refractivity contribution in [2.75, 3.05) is 11.3 Å². The molecule has 3 aromatic rings. The number of fused-ring (bicyclic) bond motifs is 1. The molecule has 0 fully saturated rings. The quantitative estimate of drug-likeness (QED) is 0.596. The maximum absolute atomic E-state index is 12.8.